The third kappa shape index (κ3) is 1.77. The average Bonchev–Trinajstić information content (AvgIpc) is 2.04. The van der Waals surface area contributed by atoms with E-state index in [0.717, 1.165) is 0 Å². The average molecular weight is 164 g/mol. The monoisotopic (exact) mass is 164 g/mol. The van der Waals surface area contributed by atoms with E-state index in [2.05, 4.69) is 30.0 Å². The van der Waals surface area contributed by atoms with Crippen LogP contribution in [0.25, 0.3) is 0 Å². The van der Waals surface area contributed by atoms with Gasteiger partial charge in [0.15, 0.2) is 0 Å². The molecule has 66 valence electrons. The van der Waals surface area contributed by atoms with E-state index in [0.29, 0.717) is 6.54 Å². The van der Waals surface area contributed by atoms with Gasteiger partial charge in [0.25, 0.3) is 0 Å². The molecule has 0 radical (unpaired) electrons. The molecule has 0 aromatic heterocycles. The second-order valence-electron chi connectivity index (χ2n) is 3.23. The van der Waals surface area contributed by atoms with Crippen molar-refractivity contribution in [3.63, 3.8) is 0 Å². The summed E-state index contributed by atoms with van der Waals surface area (Å²) in [5, 5.41) is 0. The molecule has 0 unspecified atom stereocenters. The molecule has 0 aliphatic rings. The number of anilines is 1. The SMILES string of the molecule is Cc1ccc(CN)c(N(C)C)c1. The maximum atomic E-state index is 5.61. The summed E-state index contributed by atoms with van der Waals surface area (Å²) >= 11 is 0. The lowest BCUT2D eigenvalue weighted by Gasteiger charge is -2.17. The Morgan fingerprint density at radius 1 is 1.33 bits per heavy atom. The Kier molecular flexibility index (Phi) is 2.71. The summed E-state index contributed by atoms with van der Waals surface area (Å²) in [7, 11) is 4.07. The predicted octanol–water partition coefficient (Wildman–Crippen LogP) is 1.52. The molecule has 2 N–H and O–H groups in total. The van der Waals surface area contributed by atoms with Crippen LogP contribution in [0.2, 0.25) is 0 Å². The zero-order valence-corrected chi connectivity index (χ0v) is 7.96. The molecule has 0 aliphatic carbocycles. The molecule has 0 atom stereocenters. The van der Waals surface area contributed by atoms with E-state index in [1.54, 1.807) is 0 Å². The normalized spacial score (nSPS) is 10.0. The van der Waals surface area contributed by atoms with Gasteiger partial charge < -0.3 is 10.6 Å². The van der Waals surface area contributed by atoms with Gasteiger partial charge in [-0.25, -0.2) is 0 Å². The van der Waals surface area contributed by atoms with Crippen molar-refractivity contribution in [3.05, 3.63) is 29.3 Å². The first-order valence-corrected chi connectivity index (χ1v) is 4.12. The maximum absolute atomic E-state index is 5.61. The lowest BCUT2D eigenvalue weighted by Crippen LogP contribution is -2.13. The second-order valence-corrected chi connectivity index (χ2v) is 3.23. The fourth-order valence-electron chi connectivity index (χ4n) is 1.26. The van der Waals surface area contributed by atoms with E-state index < -0.39 is 0 Å². The standard InChI is InChI=1S/C10H16N2/c1-8-4-5-9(7-11)10(6-8)12(2)3/h4-6H,7,11H2,1-3H3. The van der Waals surface area contributed by atoms with Gasteiger partial charge >= 0.3 is 0 Å². The van der Waals surface area contributed by atoms with Gasteiger partial charge in [0, 0.05) is 26.3 Å². The van der Waals surface area contributed by atoms with E-state index in [1.165, 1.54) is 16.8 Å². The molecule has 1 aromatic carbocycles. The van der Waals surface area contributed by atoms with Crippen LogP contribution in [-0.4, -0.2) is 14.1 Å². The largest absolute Gasteiger partial charge is 0.377 e. The Labute approximate surface area is 74.0 Å². The molecule has 2 nitrogen and oxygen atoms in total. The van der Waals surface area contributed by atoms with E-state index in [1.807, 2.05) is 14.1 Å². The van der Waals surface area contributed by atoms with Gasteiger partial charge in [0.2, 0.25) is 0 Å². The molecular weight excluding hydrogens is 148 g/mol. The van der Waals surface area contributed by atoms with Crippen LogP contribution in [0.3, 0.4) is 0 Å². The third-order valence-electron chi connectivity index (χ3n) is 1.94. The number of hydrogen-bond acceptors (Lipinski definition) is 2. The molecule has 1 rings (SSSR count). The molecule has 2 heteroatoms. The summed E-state index contributed by atoms with van der Waals surface area (Å²) in [5.74, 6) is 0. The number of hydrogen-bond donors (Lipinski definition) is 1. The highest BCUT2D eigenvalue weighted by molar-refractivity contribution is 5.54. The number of nitrogens with zero attached hydrogens (tertiary/aromatic N) is 1. The molecule has 0 aliphatic heterocycles. The van der Waals surface area contributed by atoms with E-state index in [9.17, 15) is 0 Å². The van der Waals surface area contributed by atoms with Crippen LogP contribution in [0, 0.1) is 6.92 Å². The summed E-state index contributed by atoms with van der Waals surface area (Å²) in [6.07, 6.45) is 0. The summed E-state index contributed by atoms with van der Waals surface area (Å²) in [6.45, 7) is 2.70. The Morgan fingerprint density at radius 3 is 2.50 bits per heavy atom. The lowest BCUT2D eigenvalue weighted by molar-refractivity contribution is 1.02. The van der Waals surface area contributed by atoms with Crippen LogP contribution in [0.5, 0.6) is 0 Å². The molecule has 0 spiro atoms. The van der Waals surface area contributed by atoms with Gasteiger partial charge in [0.1, 0.15) is 0 Å². The smallest absolute Gasteiger partial charge is 0.0409 e. The summed E-state index contributed by atoms with van der Waals surface area (Å²) in [5.41, 5.74) is 9.31. The molecule has 0 saturated heterocycles. The Hall–Kier alpha value is -1.02. The van der Waals surface area contributed by atoms with Crippen LogP contribution in [-0.2, 0) is 6.54 Å². The van der Waals surface area contributed by atoms with Crippen molar-refractivity contribution in [1.29, 1.82) is 0 Å². The van der Waals surface area contributed by atoms with E-state index >= 15 is 0 Å². The minimum Gasteiger partial charge on any atom is -0.377 e. The highest BCUT2D eigenvalue weighted by Gasteiger charge is 2.01. The van der Waals surface area contributed by atoms with Gasteiger partial charge in [-0.2, -0.15) is 0 Å². The summed E-state index contributed by atoms with van der Waals surface area (Å²) in [4.78, 5) is 2.09. The predicted molar refractivity (Wildman–Crippen MR) is 53.4 cm³/mol. The van der Waals surface area contributed by atoms with E-state index in [-0.39, 0.29) is 0 Å². The van der Waals surface area contributed by atoms with Gasteiger partial charge in [-0.05, 0) is 24.1 Å². The highest BCUT2D eigenvalue weighted by atomic mass is 15.1. The molecule has 0 amide bonds. The van der Waals surface area contributed by atoms with Crippen molar-refractivity contribution in [2.45, 2.75) is 13.5 Å². The zero-order chi connectivity index (χ0) is 9.14. The minimum atomic E-state index is 0.605. The molecule has 1 aromatic rings. The minimum absolute atomic E-state index is 0.605. The first kappa shape index (κ1) is 9.07. The Morgan fingerprint density at radius 2 is 2.00 bits per heavy atom. The van der Waals surface area contributed by atoms with Crippen molar-refractivity contribution < 1.29 is 0 Å². The quantitative estimate of drug-likeness (QED) is 0.718. The number of aryl methyl sites for hydroxylation is 1. The molecular formula is C10H16N2. The van der Waals surface area contributed by atoms with Gasteiger partial charge in [-0.3, -0.25) is 0 Å². The van der Waals surface area contributed by atoms with Crippen LogP contribution in [0.15, 0.2) is 18.2 Å². The van der Waals surface area contributed by atoms with Crippen LogP contribution in [0.1, 0.15) is 11.1 Å². The van der Waals surface area contributed by atoms with Crippen molar-refractivity contribution in [2.24, 2.45) is 5.73 Å². The fraction of sp³-hybridized carbons (Fsp3) is 0.400. The number of benzene rings is 1. The number of rotatable bonds is 2. The summed E-state index contributed by atoms with van der Waals surface area (Å²) in [6, 6.07) is 6.34. The summed E-state index contributed by atoms with van der Waals surface area (Å²) < 4.78 is 0. The molecule has 12 heavy (non-hydrogen) atoms. The van der Waals surface area contributed by atoms with Crippen molar-refractivity contribution in [2.75, 3.05) is 19.0 Å². The van der Waals surface area contributed by atoms with Gasteiger partial charge in [-0.1, -0.05) is 12.1 Å². The van der Waals surface area contributed by atoms with Crippen LogP contribution < -0.4 is 10.6 Å². The molecule has 0 bridgehead atoms. The lowest BCUT2D eigenvalue weighted by atomic mass is 10.1. The third-order valence-corrected chi connectivity index (χ3v) is 1.94. The number of nitrogens with two attached hydrogens (primary N) is 1. The molecule has 0 saturated carbocycles. The van der Waals surface area contributed by atoms with Crippen LogP contribution in [0.4, 0.5) is 5.69 Å². The maximum Gasteiger partial charge on any atom is 0.0409 e. The van der Waals surface area contributed by atoms with Crippen molar-refractivity contribution in [1.82, 2.24) is 0 Å². The van der Waals surface area contributed by atoms with Gasteiger partial charge in [0.05, 0.1) is 0 Å². The first-order valence-electron chi connectivity index (χ1n) is 4.12. The first-order chi connectivity index (χ1) is 5.65. The van der Waals surface area contributed by atoms with Crippen LogP contribution >= 0.6 is 0 Å². The topological polar surface area (TPSA) is 29.3 Å². The zero-order valence-electron chi connectivity index (χ0n) is 7.96. The van der Waals surface area contributed by atoms with Crippen molar-refractivity contribution in [3.8, 4) is 0 Å². The Bertz CT molecular complexity index is 267. The second kappa shape index (κ2) is 3.59. The van der Waals surface area contributed by atoms with Crippen molar-refractivity contribution >= 4 is 5.69 Å². The fourth-order valence-corrected chi connectivity index (χ4v) is 1.26. The Balaban J connectivity index is 3.12. The molecule has 0 heterocycles. The molecule has 0 fully saturated rings. The van der Waals surface area contributed by atoms with Gasteiger partial charge in [-0.15, -0.1) is 0 Å². The highest BCUT2D eigenvalue weighted by Crippen LogP contribution is 2.19. The van der Waals surface area contributed by atoms with E-state index in [4.69, 9.17) is 5.73 Å².